The van der Waals surface area contributed by atoms with Gasteiger partial charge in [0.15, 0.2) is 0 Å². The predicted molar refractivity (Wildman–Crippen MR) is 84.1 cm³/mol. The average Bonchev–Trinajstić information content (AvgIpc) is 2.52. The van der Waals surface area contributed by atoms with Crippen molar-refractivity contribution in [3.8, 4) is 0 Å². The highest BCUT2D eigenvalue weighted by Gasteiger charge is 2.14. The van der Waals surface area contributed by atoms with E-state index in [1.807, 2.05) is 42.5 Å². The second kappa shape index (κ2) is 6.85. The summed E-state index contributed by atoms with van der Waals surface area (Å²) in [6.07, 6.45) is 0. The number of amides is 2. The summed E-state index contributed by atoms with van der Waals surface area (Å²) in [7, 11) is 1.56. The molecule has 0 unspecified atom stereocenters. The van der Waals surface area contributed by atoms with E-state index in [1.54, 1.807) is 14.0 Å². The number of anilines is 1. The van der Waals surface area contributed by atoms with Crippen LogP contribution in [0.1, 0.15) is 6.92 Å². The topological polar surface area (TPSA) is 70.2 Å². The third-order valence-corrected chi connectivity index (χ3v) is 3.29. The van der Waals surface area contributed by atoms with E-state index < -0.39 is 6.04 Å². The number of carbonyl (C=O) groups is 2. The molecule has 0 aliphatic heterocycles. The molecule has 0 aliphatic rings. The number of rotatable bonds is 5. The third kappa shape index (κ3) is 3.79. The summed E-state index contributed by atoms with van der Waals surface area (Å²) in [6.45, 7) is 1.84. The highest BCUT2D eigenvalue weighted by molar-refractivity contribution is 6.03. The van der Waals surface area contributed by atoms with Crippen molar-refractivity contribution in [1.29, 1.82) is 0 Å². The minimum atomic E-state index is -0.457. The van der Waals surface area contributed by atoms with Crippen LogP contribution in [0.15, 0.2) is 42.5 Å². The van der Waals surface area contributed by atoms with E-state index in [0.29, 0.717) is 0 Å². The number of benzene rings is 2. The van der Waals surface area contributed by atoms with Gasteiger partial charge in [-0.1, -0.05) is 36.4 Å². The zero-order chi connectivity index (χ0) is 15.2. The van der Waals surface area contributed by atoms with Gasteiger partial charge in [-0.05, 0) is 18.4 Å². The van der Waals surface area contributed by atoms with Gasteiger partial charge in [-0.25, -0.2) is 0 Å². The highest BCUT2D eigenvalue weighted by atomic mass is 16.2. The van der Waals surface area contributed by atoms with Crippen LogP contribution < -0.4 is 16.0 Å². The molecule has 0 radical (unpaired) electrons. The van der Waals surface area contributed by atoms with Crippen molar-refractivity contribution >= 4 is 28.3 Å². The Kier molecular flexibility index (Phi) is 4.90. The molecule has 110 valence electrons. The Bertz CT molecular complexity index is 650. The Morgan fingerprint density at radius 2 is 1.81 bits per heavy atom. The van der Waals surface area contributed by atoms with E-state index in [0.717, 1.165) is 16.5 Å². The SMILES string of the molecule is CNC(=O)CN[C@@H](C)C(=O)Nc1cccc2ccccc12. The van der Waals surface area contributed by atoms with E-state index >= 15 is 0 Å². The molecule has 0 spiro atoms. The monoisotopic (exact) mass is 285 g/mol. The molecule has 0 aromatic heterocycles. The molecule has 0 saturated carbocycles. The molecule has 0 heterocycles. The lowest BCUT2D eigenvalue weighted by Gasteiger charge is -2.14. The number of hydrogen-bond donors (Lipinski definition) is 3. The minimum Gasteiger partial charge on any atom is -0.358 e. The van der Waals surface area contributed by atoms with Crippen molar-refractivity contribution < 1.29 is 9.59 Å². The maximum Gasteiger partial charge on any atom is 0.241 e. The fourth-order valence-electron chi connectivity index (χ4n) is 2.00. The van der Waals surface area contributed by atoms with Gasteiger partial charge in [-0.2, -0.15) is 0 Å². The summed E-state index contributed by atoms with van der Waals surface area (Å²) in [5, 5.41) is 10.3. The molecule has 21 heavy (non-hydrogen) atoms. The molecule has 2 amide bonds. The predicted octanol–water partition coefficient (Wildman–Crippen LogP) is 1.50. The number of hydrogen-bond acceptors (Lipinski definition) is 3. The highest BCUT2D eigenvalue weighted by Crippen LogP contribution is 2.22. The Morgan fingerprint density at radius 1 is 1.10 bits per heavy atom. The summed E-state index contributed by atoms with van der Waals surface area (Å²) in [4.78, 5) is 23.3. The Morgan fingerprint density at radius 3 is 2.57 bits per heavy atom. The largest absolute Gasteiger partial charge is 0.358 e. The van der Waals surface area contributed by atoms with Gasteiger partial charge < -0.3 is 10.6 Å². The van der Waals surface area contributed by atoms with Gasteiger partial charge in [0, 0.05) is 18.1 Å². The fourth-order valence-corrected chi connectivity index (χ4v) is 2.00. The number of likely N-dealkylation sites (N-methyl/N-ethyl adjacent to an activating group) is 1. The Hall–Kier alpha value is -2.40. The summed E-state index contributed by atoms with van der Waals surface area (Å²) in [5.74, 6) is -0.324. The smallest absolute Gasteiger partial charge is 0.241 e. The van der Waals surface area contributed by atoms with Crippen molar-refractivity contribution in [3.63, 3.8) is 0 Å². The Labute approximate surface area is 123 Å². The standard InChI is InChI=1S/C16H19N3O2/c1-11(18-10-15(20)17-2)16(21)19-14-9-5-7-12-6-3-4-8-13(12)14/h3-9,11,18H,10H2,1-2H3,(H,17,20)(H,19,21)/t11-/m0/s1. The molecular formula is C16H19N3O2. The lowest BCUT2D eigenvalue weighted by Crippen LogP contribution is -2.42. The van der Waals surface area contributed by atoms with E-state index in [2.05, 4.69) is 16.0 Å². The zero-order valence-electron chi connectivity index (χ0n) is 12.1. The van der Waals surface area contributed by atoms with Crippen molar-refractivity contribution in [1.82, 2.24) is 10.6 Å². The quantitative estimate of drug-likeness (QED) is 0.780. The molecule has 0 fully saturated rings. The van der Waals surface area contributed by atoms with Gasteiger partial charge in [-0.3, -0.25) is 14.9 Å². The number of fused-ring (bicyclic) bond motifs is 1. The summed E-state index contributed by atoms with van der Waals surface area (Å²) < 4.78 is 0. The summed E-state index contributed by atoms with van der Waals surface area (Å²) in [6, 6.07) is 13.2. The first-order chi connectivity index (χ1) is 10.1. The minimum absolute atomic E-state index is 0.112. The van der Waals surface area contributed by atoms with Crippen molar-refractivity contribution in [2.75, 3.05) is 18.9 Å². The normalized spacial score (nSPS) is 11.9. The van der Waals surface area contributed by atoms with Crippen LogP contribution in [0.25, 0.3) is 10.8 Å². The number of carbonyl (C=O) groups excluding carboxylic acids is 2. The van der Waals surface area contributed by atoms with Crippen LogP contribution in [0, 0.1) is 0 Å². The average molecular weight is 285 g/mol. The van der Waals surface area contributed by atoms with Crippen LogP contribution in [0.4, 0.5) is 5.69 Å². The fraction of sp³-hybridized carbons (Fsp3) is 0.250. The van der Waals surface area contributed by atoms with E-state index in [-0.39, 0.29) is 18.4 Å². The first-order valence-corrected chi connectivity index (χ1v) is 6.84. The molecule has 5 heteroatoms. The van der Waals surface area contributed by atoms with Crippen LogP contribution in [0.2, 0.25) is 0 Å². The van der Waals surface area contributed by atoms with Crippen molar-refractivity contribution in [2.45, 2.75) is 13.0 Å². The van der Waals surface area contributed by atoms with E-state index in [4.69, 9.17) is 0 Å². The molecule has 3 N–H and O–H groups in total. The molecular weight excluding hydrogens is 266 g/mol. The van der Waals surface area contributed by atoms with Crippen molar-refractivity contribution in [3.05, 3.63) is 42.5 Å². The summed E-state index contributed by atoms with van der Waals surface area (Å²) >= 11 is 0. The maximum atomic E-state index is 12.2. The molecule has 1 atom stereocenters. The lowest BCUT2D eigenvalue weighted by atomic mass is 10.1. The molecule has 2 rings (SSSR count). The van der Waals surface area contributed by atoms with Gasteiger partial charge in [0.2, 0.25) is 11.8 Å². The first kappa shape index (κ1) is 15.0. The van der Waals surface area contributed by atoms with Gasteiger partial charge in [0.05, 0.1) is 12.6 Å². The van der Waals surface area contributed by atoms with Crippen molar-refractivity contribution in [2.24, 2.45) is 0 Å². The molecule has 2 aromatic carbocycles. The molecule has 5 nitrogen and oxygen atoms in total. The number of nitrogens with one attached hydrogen (secondary N) is 3. The van der Waals surface area contributed by atoms with E-state index in [1.165, 1.54) is 0 Å². The maximum absolute atomic E-state index is 12.2. The molecule has 0 aliphatic carbocycles. The Balaban J connectivity index is 2.06. The second-order valence-corrected chi connectivity index (χ2v) is 4.79. The zero-order valence-corrected chi connectivity index (χ0v) is 12.1. The van der Waals surface area contributed by atoms with Crippen LogP contribution >= 0.6 is 0 Å². The van der Waals surface area contributed by atoms with Crippen LogP contribution in [-0.2, 0) is 9.59 Å². The van der Waals surface area contributed by atoms with Crippen LogP contribution in [0.3, 0.4) is 0 Å². The van der Waals surface area contributed by atoms with Gasteiger partial charge in [0.1, 0.15) is 0 Å². The van der Waals surface area contributed by atoms with Gasteiger partial charge in [0.25, 0.3) is 0 Å². The second-order valence-electron chi connectivity index (χ2n) is 4.79. The van der Waals surface area contributed by atoms with E-state index in [9.17, 15) is 9.59 Å². The van der Waals surface area contributed by atoms with Crippen LogP contribution in [-0.4, -0.2) is 31.4 Å². The van der Waals surface area contributed by atoms with Gasteiger partial charge in [-0.15, -0.1) is 0 Å². The third-order valence-electron chi connectivity index (χ3n) is 3.29. The first-order valence-electron chi connectivity index (χ1n) is 6.84. The molecule has 0 saturated heterocycles. The van der Waals surface area contributed by atoms with Crippen LogP contribution in [0.5, 0.6) is 0 Å². The lowest BCUT2D eigenvalue weighted by molar-refractivity contribution is -0.120. The molecule has 0 bridgehead atoms. The summed E-state index contributed by atoms with van der Waals surface area (Å²) in [5.41, 5.74) is 0.770. The molecule has 2 aromatic rings. The van der Waals surface area contributed by atoms with Gasteiger partial charge >= 0.3 is 0 Å².